The first-order valence-corrected chi connectivity index (χ1v) is 5.40. The molecule has 4 N–H and O–H groups in total. The summed E-state index contributed by atoms with van der Waals surface area (Å²) in [5, 5.41) is 0. The Bertz CT molecular complexity index is 345. The normalized spacial score (nSPS) is 29.3. The van der Waals surface area contributed by atoms with Crippen molar-refractivity contribution in [2.45, 2.75) is 31.3 Å². The average molecular weight is 203 g/mol. The molecule has 15 heavy (non-hydrogen) atoms. The summed E-state index contributed by atoms with van der Waals surface area (Å²) in [5.74, 6) is 0. The standard InChI is InChI=1S/C12H17N3/c13-11-6-3-4-9(12(11)14)8-10-5-1-2-7-15-10/h1-2,5,7-8,11-12H,3-4,6,13-14H2. The largest absolute Gasteiger partial charge is 0.326 e. The van der Waals surface area contributed by atoms with Gasteiger partial charge in [-0.05, 0) is 43.0 Å². The van der Waals surface area contributed by atoms with Gasteiger partial charge < -0.3 is 11.5 Å². The molecule has 2 rings (SSSR count). The summed E-state index contributed by atoms with van der Waals surface area (Å²) in [6, 6.07) is 5.98. The average Bonchev–Trinajstić information content (AvgIpc) is 2.26. The Kier molecular flexibility index (Phi) is 3.14. The fourth-order valence-corrected chi connectivity index (χ4v) is 1.98. The predicted octanol–water partition coefficient (Wildman–Crippen LogP) is 1.30. The van der Waals surface area contributed by atoms with Crippen molar-refractivity contribution in [3.8, 4) is 0 Å². The Hall–Kier alpha value is -1.19. The summed E-state index contributed by atoms with van der Waals surface area (Å²) in [6.07, 6.45) is 7.07. The van der Waals surface area contributed by atoms with Crippen molar-refractivity contribution in [1.29, 1.82) is 0 Å². The molecule has 0 spiro atoms. The first-order chi connectivity index (χ1) is 7.27. The maximum absolute atomic E-state index is 6.05. The van der Waals surface area contributed by atoms with Crippen molar-refractivity contribution in [1.82, 2.24) is 4.98 Å². The molecule has 1 aliphatic rings. The first kappa shape index (κ1) is 10.3. The highest BCUT2D eigenvalue weighted by atomic mass is 14.8. The van der Waals surface area contributed by atoms with Crippen LogP contribution < -0.4 is 11.5 Å². The van der Waals surface area contributed by atoms with Crippen LogP contribution in [0.5, 0.6) is 0 Å². The molecule has 2 atom stereocenters. The second kappa shape index (κ2) is 4.55. The zero-order chi connectivity index (χ0) is 10.7. The predicted molar refractivity (Wildman–Crippen MR) is 62.0 cm³/mol. The van der Waals surface area contributed by atoms with Gasteiger partial charge in [0.25, 0.3) is 0 Å². The van der Waals surface area contributed by atoms with E-state index in [4.69, 9.17) is 11.5 Å². The van der Waals surface area contributed by atoms with Crippen LogP contribution in [0.15, 0.2) is 30.0 Å². The SMILES string of the molecule is NC1CCCC(=Cc2ccccn2)C1N. The highest BCUT2D eigenvalue weighted by molar-refractivity contribution is 5.50. The molecule has 1 aliphatic carbocycles. The summed E-state index contributed by atoms with van der Waals surface area (Å²) in [7, 11) is 0. The van der Waals surface area contributed by atoms with Gasteiger partial charge in [-0.2, -0.15) is 0 Å². The van der Waals surface area contributed by atoms with Gasteiger partial charge in [0.1, 0.15) is 0 Å². The van der Waals surface area contributed by atoms with Crippen LogP contribution in [0.1, 0.15) is 25.0 Å². The minimum Gasteiger partial charge on any atom is -0.326 e. The first-order valence-electron chi connectivity index (χ1n) is 5.40. The zero-order valence-electron chi connectivity index (χ0n) is 8.76. The minimum absolute atomic E-state index is 0.000700. The molecule has 0 aliphatic heterocycles. The number of aromatic nitrogens is 1. The van der Waals surface area contributed by atoms with Gasteiger partial charge in [0, 0.05) is 18.3 Å². The van der Waals surface area contributed by atoms with Crippen molar-refractivity contribution in [3.63, 3.8) is 0 Å². The Balaban J connectivity index is 2.19. The molecule has 1 heterocycles. The van der Waals surface area contributed by atoms with Crippen LogP contribution in [0.2, 0.25) is 0 Å². The number of nitrogens with two attached hydrogens (primary N) is 2. The summed E-state index contributed by atoms with van der Waals surface area (Å²) in [6.45, 7) is 0. The molecule has 1 saturated carbocycles. The van der Waals surface area contributed by atoms with Gasteiger partial charge in [-0.15, -0.1) is 0 Å². The van der Waals surface area contributed by atoms with Gasteiger partial charge in [0.15, 0.2) is 0 Å². The monoisotopic (exact) mass is 203 g/mol. The van der Waals surface area contributed by atoms with Crippen LogP contribution in [0.3, 0.4) is 0 Å². The zero-order valence-corrected chi connectivity index (χ0v) is 8.76. The van der Waals surface area contributed by atoms with Crippen molar-refractivity contribution in [2.75, 3.05) is 0 Å². The van der Waals surface area contributed by atoms with Crippen molar-refractivity contribution < 1.29 is 0 Å². The molecule has 1 aromatic heterocycles. The molecule has 2 unspecified atom stereocenters. The van der Waals surface area contributed by atoms with E-state index >= 15 is 0 Å². The lowest BCUT2D eigenvalue weighted by Gasteiger charge is -2.28. The van der Waals surface area contributed by atoms with Crippen LogP contribution in [0.25, 0.3) is 6.08 Å². The number of pyridine rings is 1. The fraction of sp³-hybridized carbons (Fsp3) is 0.417. The maximum Gasteiger partial charge on any atom is 0.0629 e. The van der Waals surface area contributed by atoms with E-state index in [0.29, 0.717) is 0 Å². The third-order valence-electron chi connectivity index (χ3n) is 2.91. The lowest BCUT2D eigenvalue weighted by molar-refractivity contribution is 0.464. The van der Waals surface area contributed by atoms with Gasteiger partial charge in [-0.25, -0.2) is 0 Å². The molecular formula is C12H17N3. The quantitative estimate of drug-likeness (QED) is 0.723. The molecule has 1 fully saturated rings. The van der Waals surface area contributed by atoms with E-state index in [1.54, 1.807) is 6.20 Å². The van der Waals surface area contributed by atoms with Crippen LogP contribution in [0.4, 0.5) is 0 Å². The van der Waals surface area contributed by atoms with E-state index in [1.165, 1.54) is 5.57 Å². The highest BCUT2D eigenvalue weighted by Crippen LogP contribution is 2.23. The van der Waals surface area contributed by atoms with Crippen LogP contribution in [0, 0.1) is 0 Å². The van der Waals surface area contributed by atoms with E-state index < -0.39 is 0 Å². The Labute approximate surface area is 90.2 Å². The highest BCUT2D eigenvalue weighted by Gasteiger charge is 2.22. The molecule has 0 radical (unpaired) electrons. The van der Waals surface area contributed by atoms with Crippen LogP contribution >= 0.6 is 0 Å². The van der Waals surface area contributed by atoms with Crippen molar-refractivity contribution in [2.24, 2.45) is 11.5 Å². The van der Waals surface area contributed by atoms with Crippen molar-refractivity contribution >= 4 is 6.08 Å². The number of rotatable bonds is 1. The summed E-state index contributed by atoms with van der Waals surface area (Å²) < 4.78 is 0. The lowest BCUT2D eigenvalue weighted by atomic mass is 9.86. The molecule has 3 heteroatoms. The van der Waals surface area contributed by atoms with Crippen molar-refractivity contribution in [3.05, 3.63) is 35.7 Å². The Morgan fingerprint density at radius 1 is 1.33 bits per heavy atom. The van der Waals surface area contributed by atoms with E-state index in [2.05, 4.69) is 11.1 Å². The van der Waals surface area contributed by atoms with Gasteiger partial charge in [0.2, 0.25) is 0 Å². The molecule has 0 saturated heterocycles. The second-order valence-corrected chi connectivity index (χ2v) is 4.06. The van der Waals surface area contributed by atoms with E-state index in [1.807, 2.05) is 18.2 Å². The summed E-state index contributed by atoms with van der Waals surface area (Å²) in [5.41, 5.74) is 14.2. The topological polar surface area (TPSA) is 64.9 Å². The molecule has 0 bridgehead atoms. The van der Waals surface area contributed by atoms with Gasteiger partial charge in [-0.1, -0.05) is 6.07 Å². The minimum atomic E-state index is 0.000700. The third-order valence-corrected chi connectivity index (χ3v) is 2.91. The lowest BCUT2D eigenvalue weighted by Crippen LogP contribution is -2.45. The van der Waals surface area contributed by atoms with E-state index in [0.717, 1.165) is 25.0 Å². The summed E-state index contributed by atoms with van der Waals surface area (Å²) >= 11 is 0. The fourth-order valence-electron chi connectivity index (χ4n) is 1.98. The number of hydrogen-bond donors (Lipinski definition) is 2. The Morgan fingerprint density at radius 2 is 2.20 bits per heavy atom. The summed E-state index contributed by atoms with van der Waals surface area (Å²) in [4.78, 5) is 4.26. The van der Waals surface area contributed by atoms with E-state index in [-0.39, 0.29) is 12.1 Å². The molecule has 0 amide bonds. The Morgan fingerprint density at radius 3 is 2.93 bits per heavy atom. The number of hydrogen-bond acceptors (Lipinski definition) is 3. The molecule has 80 valence electrons. The van der Waals surface area contributed by atoms with Crippen LogP contribution in [-0.4, -0.2) is 17.1 Å². The molecule has 0 aromatic carbocycles. The van der Waals surface area contributed by atoms with Crippen LogP contribution in [-0.2, 0) is 0 Å². The second-order valence-electron chi connectivity index (χ2n) is 4.06. The smallest absolute Gasteiger partial charge is 0.0629 e. The number of nitrogens with zero attached hydrogens (tertiary/aromatic N) is 1. The molecular weight excluding hydrogens is 186 g/mol. The van der Waals surface area contributed by atoms with Gasteiger partial charge in [0.05, 0.1) is 5.69 Å². The van der Waals surface area contributed by atoms with Gasteiger partial charge in [-0.3, -0.25) is 4.98 Å². The molecule has 1 aromatic rings. The maximum atomic E-state index is 6.05. The van der Waals surface area contributed by atoms with E-state index in [9.17, 15) is 0 Å². The third kappa shape index (κ3) is 2.43. The van der Waals surface area contributed by atoms with Gasteiger partial charge >= 0.3 is 0 Å². The molecule has 3 nitrogen and oxygen atoms in total.